The van der Waals surface area contributed by atoms with Crippen molar-refractivity contribution < 1.29 is 9.59 Å². The van der Waals surface area contributed by atoms with Gasteiger partial charge in [-0.2, -0.15) is 0 Å². The van der Waals surface area contributed by atoms with Crippen LogP contribution in [-0.2, 0) is 16.0 Å². The SMILES string of the molecule is CN(C)C(=O)C1CCN(CC(=O)N(C)C2CCCc3ccccc32)CC1. The molecule has 1 fully saturated rings. The fraction of sp³-hybridized carbons (Fsp3) is 0.619. The predicted octanol–water partition coefficient (Wildman–Crippen LogP) is 2.32. The van der Waals surface area contributed by atoms with Crippen LogP contribution in [0.25, 0.3) is 0 Å². The molecule has 3 rings (SSSR count). The Morgan fingerprint density at radius 1 is 1.08 bits per heavy atom. The van der Waals surface area contributed by atoms with Gasteiger partial charge in [-0.1, -0.05) is 24.3 Å². The standard InChI is InChI=1S/C21H31N3O2/c1-22(2)21(26)17-11-13-24(14-12-17)15-20(25)23(3)19-10-6-8-16-7-4-5-9-18(16)19/h4-5,7,9,17,19H,6,8,10-15H2,1-3H3. The van der Waals surface area contributed by atoms with Crippen molar-refractivity contribution in [1.29, 1.82) is 0 Å². The van der Waals surface area contributed by atoms with Gasteiger partial charge in [0.1, 0.15) is 0 Å². The molecule has 26 heavy (non-hydrogen) atoms. The number of amides is 2. The summed E-state index contributed by atoms with van der Waals surface area (Å²) in [6.45, 7) is 2.11. The van der Waals surface area contributed by atoms with Crippen molar-refractivity contribution in [3.05, 3.63) is 35.4 Å². The number of nitrogens with zero attached hydrogens (tertiary/aromatic N) is 3. The molecule has 2 amide bonds. The lowest BCUT2D eigenvalue weighted by Gasteiger charge is -2.36. The Bertz CT molecular complexity index is 650. The molecule has 1 atom stereocenters. The fourth-order valence-electron chi connectivity index (χ4n) is 4.31. The Morgan fingerprint density at radius 3 is 2.46 bits per heavy atom. The van der Waals surface area contributed by atoms with Crippen molar-refractivity contribution in [3.63, 3.8) is 0 Å². The van der Waals surface area contributed by atoms with Crippen LogP contribution < -0.4 is 0 Å². The van der Waals surface area contributed by atoms with Gasteiger partial charge in [0.05, 0.1) is 12.6 Å². The topological polar surface area (TPSA) is 43.9 Å². The van der Waals surface area contributed by atoms with Crippen molar-refractivity contribution in [2.24, 2.45) is 5.92 Å². The molecule has 5 heteroatoms. The largest absolute Gasteiger partial charge is 0.349 e. The maximum absolute atomic E-state index is 12.9. The molecule has 1 saturated heterocycles. The van der Waals surface area contributed by atoms with Crippen LogP contribution in [0, 0.1) is 5.92 Å². The van der Waals surface area contributed by atoms with E-state index in [0.717, 1.165) is 45.2 Å². The Hall–Kier alpha value is -1.88. The van der Waals surface area contributed by atoms with Crippen LogP contribution in [0.15, 0.2) is 24.3 Å². The molecule has 1 unspecified atom stereocenters. The van der Waals surface area contributed by atoms with Crippen molar-refractivity contribution in [1.82, 2.24) is 14.7 Å². The molecule has 0 saturated carbocycles. The molecule has 0 N–H and O–H groups in total. The third kappa shape index (κ3) is 4.09. The second-order valence-electron chi connectivity index (χ2n) is 7.89. The first-order valence-corrected chi connectivity index (χ1v) is 9.74. The van der Waals surface area contributed by atoms with E-state index in [9.17, 15) is 9.59 Å². The van der Waals surface area contributed by atoms with E-state index >= 15 is 0 Å². The quantitative estimate of drug-likeness (QED) is 0.831. The van der Waals surface area contributed by atoms with Crippen LogP contribution in [0.5, 0.6) is 0 Å². The van der Waals surface area contributed by atoms with Crippen LogP contribution in [0.1, 0.15) is 42.9 Å². The van der Waals surface area contributed by atoms with E-state index < -0.39 is 0 Å². The van der Waals surface area contributed by atoms with E-state index in [1.54, 1.807) is 4.90 Å². The molecular weight excluding hydrogens is 326 g/mol. The minimum Gasteiger partial charge on any atom is -0.349 e. The van der Waals surface area contributed by atoms with Gasteiger partial charge in [-0.25, -0.2) is 0 Å². The molecule has 1 aromatic rings. The molecule has 1 aliphatic heterocycles. The number of carbonyl (C=O) groups excluding carboxylic acids is 2. The summed E-state index contributed by atoms with van der Waals surface area (Å²) in [5.74, 6) is 0.510. The fourth-order valence-corrected chi connectivity index (χ4v) is 4.31. The minimum atomic E-state index is 0.110. The number of rotatable bonds is 4. The summed E-state index contributed by atoms with van der Waals surface area (Å²) in [6.07, 6.45) is 4.98. The average molecular weight is 357 g/mol. The highest BCUT2D eigenvalue weighted by molar-refractivity contribution is 5.79. The summed E-state index contributed by atoms with van der Waals surface area (Å²) in [5, 5.41) is 0. The van der Waals surface area contributed by atoms with Crippen molar-refractivity contribution in [3.8, 4) is 0 Å². The van der Waals surface area contributed by atoms with Crippen LogP contribution >= 0.6 is 0 Å². The molecule has 1 heterocycles. The first-order chi connectivity index (χ1) is 12.5. The van der Waals surface area contributed by atoms with Crippen LogP contribution in [0.4, 0.5) is 0 Å². The number of fused-ring (bicyclic) bond motifs is 1. The number of likely N-dealkylation sites (tertiary alicyclic amines) is 1. The van der Waals surface area contributed by atoms with E-state index in [4.69, 9.17) is 0 Å². The molecule has 142 valence electrons. The molecule has 0 spiro atoms. The molecular formula is C21H31N3O2. The molecule has 1 aliphatic carbocycles. The third-order valence-corrected chi connectivity index (χ3v) is 5.94. The highest BCUT2D eigenvalue weighted by atomic mass is 16.2. The molecule has 2 aliphatic rings. The Balaban J connectivity index is 1.55. The molecule has 1 aromatic carbocycles. The lowest BCUT2D eigenvalue weighted by Crippen LogP contribution is -2.45. The van der Waals surface area contributed by atoms with Crippen LogP contribution in [0.3, 0.4) is 0 Å². The smallest absolute Gasteiger partial charge is 0.237 e. The second kappa shape index (κ2) is 8.21. The van der Waals surface area contributed by atoms with Gasteiger partial charge in [0.2, 0.25) is 11.8 Å². The van der Waals surface area contributed by atoms with Crippen LogP contribution in [-0.4, -0.2) is 67.3 Å². The number of hydrogen-bond acceptors (Lipinski definition) is 3. The average Bonchev–Trinajstić information content (AvgIpc) is 2.66. The van der Waals surface area contributed by atoms with Crippen LogP contribution in [0.2, 0.25) is 0 Å². The molecule has 0 radical (unpaired) electrons. The van der Waals surface area contributed by atoms with Gasteiger partial charge in [0.25, 0.3) is 0 Å². The minimum absolute atomic E-state index is 0.110. The van der Waals surface area contributed by atoms with Gasteiger partial charge in [-0.3, -0.25) is 14.5 Å². The number of hydrogen-bond donors (Lipinski definition) is 0. The molecule has 0 aromatic heterocycles. The van der Waals surface area contributed by atoms with E-state index in [1.807, 2.05) is 26.0 Å². The maximum Gasteiger partial charge on any atom is 0.237 e. The van der Waals surface area contributed by atoms with E-state index in [0.29, 0.717) is 6.54 Å². The van der Waals surface area contributed by atoms with Gasteiger partial charge in [-0.05, 0) is 56.3 Å². The monoisotopic (exact) mass is 357 g/mol. The summed E-state index contributed by atoms with van der Waals surface area (Å²) in [7, 11) is 5.57. The maximum atomic E-state index is 12.9. The number of likely N-dealkylation sites (N-methyl/N-ethyl adjacent to an activating group) is 1. The first kappa shape index (κ1) is 18.9. The summed E-state index contributed by atoms with van der Waals surface area (Å²) in [4.78, 5) is 30.8. The molecule has 0 bridgehead atoms. The van der Waals surface area contributed by atoms with Crippen molar-refractivity contribution in [2.45, 2.75) is 38.1 Å². The van der Waals surface area contributed by atoms with Gasteiger partial charge >= 0.3 is 0 Å². The number of piperidine rings is 1. The number of benzene rings is 1. The van der Waals surface area contributed by atoms with Gasteiger partial charge in [0.15, 0.2) is 0 Å². The highest BCUT2D eigenvalue weighted by Crippen LogP contribution is 2.33. The lowest BCUT2D eigenvalue weighted by molar-refractivity contribution is -0.136. The van der Waals surface area contributed by atoms with Crippen molar-refractivity contribution >= 4 is 11.8 Å². The summed E-state index contributed by atoms with van der Waals surface area (Å²) >= 11 is 0. The zero-order valence-electron chi connectivity index (χ0n) is 16.3. The Morgan fingerprint density at radius 2 is 1.77 bits per heavy atom. The van der Waals surface area contributed by atoms with Gasteiger partial charge in [0, 0.05) is 27.1 Å². The first-order valence-electron chi connectivity index (χ1n) is 9.74. The highest BCUT2D eigenvalue weighted by Gasteiger charge is 2.30. The predicted molar refractivity (Wildman–Crippen MR) is 103 cm³/mol. The summed E-state index contributed by atoms with van der Waals surface area (Å²) in [5.41, 5.74) is 2.69. The summed E-state index contributed by atoms with van der Waals surface area (Å²) in [6, 6.07) is 8.71. The Kier molecular flexibility index (Phi) is 5.97. The normalized spacial score (nSPS) is 21.1. The third-order valence-electron chi connectivity index (χ3n) is 5.94. The van der Waals surface area contributed by atoms with Gasteiger partial charge < -0.3 is 9.80 Å². The zero-order chi connectivity index (χ0) is 18.7. The second-order valence-corrected chi connectivity index (χ2v) is 7.89. The lowest BCUT2D eigenvalue weighted by atomic mass is 9.87. The molecule has 5 nitrogen and oxygen atoms in total. The van der Waals surface area contributed by atoms with E-state index in [2.05, 4.69) is 29.2 Å². The number of carbonyl (C=O) groups is 2. The van der Waals surface area contributed by atoms with E-state index in [-0.39, 0.29) is 23.8 Å². The zero-order valence-corrected chi connectivity index (χ0v) is 16.3. The number of aryl methyl sites for hydroxylation is 1. The Labute approximate surface area is 156 Å². The van der Waals surface area contributed by atoms with Gasteiger partial charge in [-0.15, -0.1) is 0 Å². The van der Waals surface area contributed by atoms with E-state index in [1.165, 1.54) is 11.1 Å². The van der Waals surface area contributed by atoms with Crippen molar-refractivity contribution in [2.75, 3.05) is 40.8 Å². The summed E-state index contributed by atoms with van der Waals surface area (Å²) < 4.78 is 0.